The minimum absolute atomic E-state index is 0.0149. The number of amides is 1. The van der Waals surface area contributed by atoms with Crippen LogP contribution < -0.4 is 10.2 Å². The molecule has 1 saturated carbocycles. The van der Waals surface area contributed by atoms with Crippen molar-refractivity contribution < 1.29 is 4.79 Å². The van der Waals surface area contributed by atoms with Gasteiger partial charge in [-0.1, -0.05) is 36.2 Å². The molecule has 0 radical (unpaired) electrons. The van der Waals surface area contributed by atoms with Gasteiger partial charge in [0.2, 0.25) is 0 Å². The number of benzene rings is 2. The van der Waals surface area contributed by atoms with Gasteiger partial charge in [0.25, 0.3) is 5.91 Å². The molecule has 0 spiro atoms. The van der Waals surface area contributed by atoms with Crippen molar-refractivity contribution in [2.24, 2.45) is 0 Å². The molecule has 1 N–H and O–H groups in total. The minimum Gasteiger partial charge on any atom is -0.378 e. The maximum Gasteiger partial charge on any atom is 0.251 e. The second-order valence-electron chi connectivity index (χ2n) is 6.77. The molecule has 0 heterocycles. The van der Waals surface area contributed by atoms with Crippen LogP contribution in [-0.4, -0.2) is 26.5 Å². The van der Waals surface area contributed by atoms with Gasteiger partial charge in [-0.2, -0.15) is 0 Å². The van der Waals surface area contributed by atoms with E-state index in [4.69, 9.17) is 11.6 Å². The van der Waals surface area contributed by atoms with Gasteiger partial charge in [-0.25, -0.2) is 0 Å². The van der Waals surface area contributed by atoms with Crippen molar-refractivity contribution >= 4 is 23.2 Å². The molecule has 0 aliphatic heterocycles. The van der Waals surface area contributed by atoms with Crippen molar-refractivity contribution in [3.8, 4) is 0 Å². The number of hydrogen-bond acceptors (Lipinski definition) is 2. The van der Waals surface area contributed by atoms with E-state index in [1.54, 1.807) is 0 Å². The lowest BCUT2D eigenvalue weighted by atomic mass is 9.64. The molecule has 0 atom stereocenters. The summed E-state index contributed by atoms with van der Waals surface area (Å²) >= 11 is 6.00. The molecule has 1 amide bonds. The Morgan fingerprint density at radius 1 is 1.17 bits per heavy atom. The van der Waals surface area contributed by atoms with Crippen LogP contribution in [0.1, 0.15) is 35.2 Å². The van der Waals surface area contributed by atoms with E-state index in [-0.39, 0.29) is 11.3 Å². The predicted octanol–water partition coefficient (Wildman–Crippen LogP) is 4.26. The van der Waals surface area contributed by atoms with Gasteiger partial charge >= 0.3 is 0 Å². The first-order valence-corrected chi connectivity index (χ1v) is 8.70. The zero-order valence-electron chi connectivity index (χ0n) is 14.2. The van der Waals surface area contributed by atoms with E-state index in [0.29, 0.717) is 12.1 Å². The highest BCUT2D eigenvalue weighted by Crippen LogP contribution is 2.43. The third kappa shape index (κ3) is 3.41. The Morgan fingerprint density at radius 2 is 1.88 bits per heavy atom. The van der Waals surface area contributed by atoms with Gasteiger partial charge in [-0.3, -0.25) is 4.79 Å². The molecule has 3 nitrogen and oxygen atoms in total. The third-order valence-corrected chi connectivity index (χ3v) is 5.23. The highest BCUT2D eigenvalue weighted by molar-refractivity contribution is 6.30. The van der Waals surface area contributed by atoms with Crippen LogP contribution in [0.3, 0.4) is 0 Å². The smallest absolute Gasteiger partial charge is 0.251 e. The molecule has 1 aliphatic rings. The van der Waals surface area contributed by atoms with Crippen LogP contribution in [0.15, 0.2) is 48.5 Å². The molecule has 1 fully saturated rings. The van der Waals surface area contributed by atoms with Crippen molar-refractivity contribution in [2.45, 2.75) is 24.7 Å². The molecule has 2 aromatic carbocycles. The Bertz CT molecular complexity index is 721. The first-order chi connectivity index (χ1) is 11.5. The lowest BCUT2D eigenvalue weighted by Crippen LogP contribution is -2.45. The standard InChI is InChI=1S/C20H23ClN2O/c1-23(2)18-6-3-5-15(13-18)19(24)22-14-20(11-4-12-20)16-7-9-17(21)10-8-16/h3,5-10,13H,4,11-12,14H2,1-2H3,(H,22,24). The Balaban J connectivity index is 1.71. The zero-order valence-corrected chi connectivity index (χ0v) is 14.9. The quantitative estimate of drug-likeness (QED) is 0.880. The Hall–Kier alpha value is -2.00. The van der Waals surface area contributed by atoms with E-state index in [0.717, 1.165) is 23.6 Å². The summed E-state index contributed by atoms with van der Waals surface area (Å²) in [5.74, 6) is -0.0149. The van der Waals surface area contributed by atoms with Crippen LogP contribution in [-0.2, 0) is 5.41 Å². The van der Waals surface area contributed by atoms with E-state index >= 15 is 0 Å². The van der Waals surface area contributed by atoms with Crippen molar-refractivity contribution in [3.63, 3.8) is 0 Å². The molecule has 126 valence electrons. The molecule has 0 unspecified atom stereocenters. The SMILES string of the molecule is CN(C)c1cccc(C(=O)NCC2(c3ccc(Cl)cc3)CCC2)c1. The molecule has 2 aromatic rings. The fourth-order valence-electron chi connectivity index (χ4n) is 3.25. The molecule has 1 aliphatic carbocycles. The Labute approximate surface area is 148 Å². The van der Waals surface area contributed by atoms with E-state index in [1.165, 1.54) is 12.0 Å². The molecule has 4 heteroatoms. The van der Waals surface area contributed by atoms with E-state index < -0.39 is 0 Å². The number of rotatable bonds is 5. The lowest BCUT2D eigenvalue weighted by Gasteiger charge is -2.42. The van der Waals surface area contributed by atoms with E-state index in [2.05, 4.69) is 17.4 Å². The van der Waals surface area contributed by atoms with Gasteiger partial charge in [-0.05, 0) is 48.7 Å². The molecule has 24 heavy (non-hydrogen) atoms. The van der Waals surface area contributed by atoms with Crippen LogP contribution >= 0.6 is 11.6 Å². The lowest BCUT2D eigenvalue weighted by molar-refractivity contribution is 0.0928. The predicted molar refractivity (Wildman–Crippen MR) is 100 cm³/mol. The summed E-state index contributed by atoms with van der Waals surface area (Å²) in [6.07, 6.45) is 3.41. The number of hydrogen-bond donors (Lipinski definition) is 1. The molecular formula is C20H23ClN2O. The van der Waals surface area contributed by atoms with Gasteiger partial charge < -0.3 is 10.2 Å². The fourth-order valence-corrected chi connectivity index (χ4v) is 3.38. The van der Waals surface area contributed by atoms with E-state index in [9.17, 15) is 4.79 Å². The van der Waals surface area contributed by atoms with Crippen molar-refractivity contribution in [1.29, 1.82) is 0 Å². The largest absolute Gasteiger partial charge is 0.378 e. The molecular weight excluding hydrogens is 320 g/mol. The van der Waals surface area contributed by atoms with Crippen molar-refractivity contribution in [1.82, 2.24) is 5.32 Å². The number of nitrogens with zero attached hydrogens (tertiary/aromatic N) is 1. The van der Waals surface area contributed by atoms with Gasteiger partial charge in [-0.15, -0.1) is 0 Å². The fraction of sp³-hybridized carbons (Fsp3) is 0.350. The summed E-state index contributed by atoms with van der Waals surface area (Å²) in [6.45, 7) is 0.666. The summed E-state index contributed by atoms with van der Waals surface area (Å²) in [4.78, 5) is 14.5. The molecule has 0 saturated heterocycles. The molecule has 3 rings (SSSR count). The summed E-state index contributed by atoms with van der Waals surface area (Å²) < 4.78 is 0. The summed E-state index contributed by atoms with van der Waals surface area (Å²) in [6, 6.07) is 15.7. The topological polar surface area (TPSA) is 32.3 Å². The third-order valence-electron chi connectivity index (χ3n) is 4.98. The Morgan fingerprint density at radius 3 is 2.46 bits per heavy atom. The van der Waals surface area contributed by atoms with Crippen LogP contribution in [0.5, 0.6) is 0 Å². The minimum atomic E-state index is -0.0149. The average molecular weight is 343 g/mol. The summed E-state index contributed by atoms with van der Waals surface area (Å²) in [5.41, 5.74) is 3.05. The number of carbonyl (C=O) groups is 1. The van der Waals surface area contributed by atoms with E-state index in [1.807, 2.05) is 55.4 Å². The van der Waals surface area contributed by atoms with Crippen LogP contribution in [0.25, 0.3) is 0 Å². The first-order valence-electron chi connectivity index (χ1n) is 8.32. The number of halogens is 1. The van der Waals surface area contributed by atoms with Gasteiger partial charge in [0, 0.05) is 42.3 Å². The second-order valence-corrected chi connectivity index (χ2v) is 7.20. The Kier molecular flexibility index (Phi) is 4.81. The van der Waals surface area contributed by atoms with Crippen molar-refractivity contribution in [3.05, 3.63) is 64.7 Å². The van der Waals surface area contributed by atoms with Gasteiger partial charge in [0.05, 0.1) is 0 Å². The van der Waals surface area contributed by atoms with Gasteiger partial charge in [0.1, 0.15) is 0 Å². The second kappa shape index (κ2) is 6.86. The highest BCUT2D eigenvalue weighted by atomic mass is 35.5. The average Bonchev–Trinajstić information content (AvgIpc) is 2.55. The highest BCUT2D eigenvalue weighted by Gasteiger charge is 2.38. The van der Waals surface area contributed by atoms with Crippen LogP contribution in [0, 0.1) is 0 Å². The monoisotopic (exact) mass is 342 g/mol. The first kappa shape index (κ1) is 16.8. The van der Waals surface area contributed by atoms with Gasteiger partial charge in [0.15, 0.2) is 0 Å². The molecule has 0 bridgehead atoms. The normalized spacial score (nSPS) is 15.5. The summed E-state index contributed by atoms with van der Waals surface area (Å²) in [5, 5.41) is 3.88. The number of carbonyl (C=O) groups excluding carboxylic acids is 1. The van der Waals surface area contributed by atoms with Crippen LogP contribution in [0.4, 0.5) is 5.69 Å². The molecule has 0 aromatic heterocycles. The van der Waals surface area contributed by atoms with Crippen LogP contribution in [0.2, 0.25) is 5.02 Å². The zero-order chi connectivity index (χ0) is 17.2. The maximum absolute atomic E-state index is 12.5. The number of nitrogens with one attached hydrogen (secondary N) is 1. The van der Waals surface area contributed by atoms with Crippen molar-refractivity contribution in [2.75, 3.05) is 25.5 Å². The summed E-state index contributed by atoms with van der Waals surface area (Å²) in [7, 11) is 3.95. The number of anilines is 1. The maximum atomic E-state index is 12.5.